The molecule has 1 unspecified atom stereocenters. The van der Waals surface area contributed by atoms with Crippen LogP contribution in [-0.4, -0.2) is 45.0 Å². The summed E-state index contributed by atoms with van der Waals surface area (Å²) >= 11 is 0. The second-order valence-corrected chi connectivity index (χ2v) is 7.79. The van der Waals surface area contributed by atoms with Crippen LogP contribution in [0.25, 0.3) is 0 Å². The number of amides is 1. The highest BCUT2D eigenvalue weighted by Crippen LogP contribution is 2.41. The molecule has 1 amide bonds. The van der Waals surface area contributed by atoms with Crippen LogP contribution in [0.5, 0.6) is 28.7 Å². The van der Waals surface area contributed by atoms with Crippen LogP contribution in [0.3, 0.4) is 0 Å². The average molecular weight is 477 g/mol. The van der Waals surface area contributed by atoms with Crippen molar-refractivity contribution in [2.45, 2.75) is 12.2 Å². The Morgan fingerprint density at radius 3 is 2.63 bits per heavy atom. The predicted octanol–water partition coefficient (Wildman–Crippen LogP) is 3.91. The zero-order valence-corrected chi connectivity index (χ0v) is 18.9. The Labute approximate surface area is 201 Å². The summed E-state index contributed by atoms with van der Waals surface area (Å²) in [6.07, 6.45) is -2.87. The number of carbonyl (C=O) groups is 2. The summed E-state index contributed by atoms with van der Waals surface area (Å²) < 4.78 is 33.4. The number of hydrogen-bond donors (Lipinski definition) is 1. The van der Waals surface area contributed by atoms with Crippen LogP contribution in [0.4, 0.5) is 4.79 Å². The Hall–Kier alpha value is -4.40. The first-order valence-electron chi connectivity index (χ1n) is 11.0. The number of methoxy groups -OCH3 is 1. The van der Waals surface area contributed by atoms with Crippen molar-refractivity contribution in [3.05, 3.63) is 77.9 Å². The number of hydrogen-bond acceptors (Lipinski definition) is 8. The summed E-state index contributed by atoms with van der Waals surface area (Å²) in [6.45, 7) is 0.539. The van der Waals surface area contributed by atoms with Crippen LogP contribution in [0.2, 0.25) is 0 Å². The SMILES string of the molecule is COc1ccc2c(c1)O[C@@H](c1ccc3c(c1)OCO3)C(OC(=O)NCCOc1ccccc1)C2=O. The van der Waals surface area contributed by atoms with Gasteiger partial charge in [0.2, 0.25) is 18.7 Å². The van der Waals surface area contributed by atoms with Crippen LogP contribution in [0.15, 0.2) is 66.7 Å². The molecule has 2 aliphatic rings. The van der Waals surface area contributed by atoms with E-state index in [0.29, 0.717) is 39.9 Å². The van der Waals surface area contributed by atoms with Gasteiger partial charge in [0.05, 0.1) is 19.2 Å². The molecule has 9 nitrogen and oxygen atoms in total. The smallest absolute Gasteiger partial charge is 0.408 e. The zero-order chi connectivity index (χ0) is 24.2. The van der Waals surface area contributed by atoms with Gasteiger partial charge in [0.1, 0.15) is 23.9 Å². The first-order chi connectivity index (χ1) is 17.1. The minimum atomic E-state index is -1.22. The Bertz CT molecular complexity index is 1230. The zero-order valence-electron chi connectivity index (χ0n) is 18.9. The fraction of sp³-hybridized carbons (Fsp3) is 0.231. The van der Waals surface area contributed by atoms with Crippen molar-refractivity contribution >= 4 is 11.9 Å². The molecular formula is C26H23NO8. The van der Waals surface area contributed by atoms with E-state index in [4.69, 9.17) is 28.4 Å². The summed E-state index contributed by atoms with van der Waals surface area (Å²) in [6, 6.07) is 19.3. The molecule has 0 saturated carbocycles. The van der Waals surface area contributed by atoms with Crippen molar-refractivity contribution < 1.29 is 38.0 Å². The highest BCUT2D eigenvalue weighted by Gasteiger charge is 2.42. The third-order valence-corrected chi connectivity index (χ3v) is 5.58. The van der Waals surface area contributed by atoms with Crippen LogP contribution < -0.4 is 29.0 Å². The van der Waals surface area contributed by atoms with E-state index >= 15 is 0 Å². The molecule has 0 saturated heterocycles. The van der Waals surface area contributed by atoms with Gasteiger partial charge in [-0.3, -0.25) is 4.79 Å². The molecule has 2 aliphatic heterocycles. The molecule has 0 aliphatic carbocycles. The topological polar surface area (TPSA) is 102 Å². The molecule has 0 radical (unpaired) electrons. The minimum absolute atomic E-state index is 0.108. The lowest BCUT2D eigenvalue weighted by Gasteiger charge is -2.32. The van der Waals surface area contributed by atoms with Crippen LogP contribution in [0.1, 0.15) is 22.0 Å². The number of alkyl carbamates (subject to hydrolysis) is 1. The average Bonchev–Trinajstić information content (AvgIpc) is 3.36. The first kappa shape index (κ1) is 22.4. The van der Waals surface area contributed by atoms with Gasteiger partial charge in [0.25, 0.3) is 0 Å². The van der Waals surface area contributed by atoms with Crippen LogP contribution in [0, 0.1) is 0 Å². The van der Waals surface area contributed by atoms with E-state index in [1.807, 2.05) is 30.3 Å². The maximum absolute atomic E-state index is 13.4. The summed E-state index contributed by atoms with van der Waals surface area (Å²) in [4.78, 5) is 26.0. The number of fused-ring (bicyclic) bond motifs is 2. The fourth-order valence-electron chi connectivity index (χ4n) is 3.86. The van der Waals surface area contributed by atoms with Crippen molar-refractivity contribution in [2.24, 2.45) is 0 Å². The highest BCUT2D eigenvalue weighted by molar-refractivity contribution is 6.04. The van der Waals surface area contributed by atoms with E-state index < -0.39 is 18.3 Å². The number of nitrogens with one attached hydrogen (secondary N) is 1. The monoisotopic (exact) mass is 477 g/mol. The van der Waals surface area contributed by atoms with Crippen molar-refractivity contribution in [2.75, 3.05) is 27.1 Å². The number of rotatable bonds is 7. The number of ether oxygens (including phenoxy) is 6. The van der Waals surface area contributed by atoms with E-state index in [9.17, 15) is 9.59 Å². The lowest BCUT2D eigenvalue weighted by Crippen LogP contribution is -2.42. The van der Waals surface area contributed by atoms with Gasteiger partial charge in [-0.15, -0.1) is 0 Å². The van der Waals surface area contributed by atoms with Gasteiger partial charge in [-0.25, -0.2) is 4.79 Å². The minimum Gasteiger partial charge on any atom is -0.497 e. The van der Waals surface area contributed by atoms with Crippen molar-refractivity contribution in [1.82, 2.24) is 5.32 Å². The normalized spacial score (nSPS) is 17.7. The second kappa shape index (κ2) is 9.84. The number of ketones is 1. The Morgan fingerprint density at radius 2 is 1.80 bits per heavy atom. The van der Waals surface area contributed by atoms with Crippen molar-refractivity contribution in [3.63, 3.8) is 0 Å². The molecule has 0 aromatic heterocycles. The highest BCUT2D eigenvalue weighted by atomic mass is 16.7. The van der Waals surface area contributed by atoms with Crippen LogP contribution >= 0.6 is 0 Å². The molecule has 5 rings (SSSR count). The van der Waals surface area contributed by atoms with Crippen molar-refractivity contribution in [1.29, 1.82) is 0 Å². The second-order valence-electron chi connectivity index (χ2n) is 7.79. The quantitative estimate of drug-likeness (QED) is 0.511. The van der Waals surface area contributed by atoms with Gasteiger partial charge in [-0.2, -0.15) is 0 Å². The van der Waals surface area contributed by atoms with Gasteiger partial charge in [0.15, 0.2) is 17.6 Å². The lowest BCUT2D eigenvalue weighted by molar-refractivity contribution is 0.00880. The third kappa shape index (κ3) is 4.79. The molecule has 35 heavy (non-hydrogen) atoms. The molecule has 3 aromatic rings. The van der Waals surface area contributed by atoms with E-state index in [-0.39, 0.29) is 25.7 Å². The van der Waals surface area contributed by atoms with Gasteiger partial charge in [-0.1, -0.05) is 24.3 Å². The van der Waals surface area contributed by atoms with E-state index in [1.54, 1.807) is 36.4 Å². The van der Waals surface area contributed by atoms with E-state index in [2.05, 4.69) is 5.32 Å². The molecule has 1 N–H and O–H groups in total. The first-order valence-corrected chi connectivity index (χ1v) is 11.0. The molecule has 0 spiro atoms. The predicted molar refractivity (Wildman–Crippen MR) is 123 cm³/mol. The van der Waals surface area contributed by atoms with E-state index in [0.717, 1.165) is 0 Å². The molecule has 0 bridgehead atoms. The fourth-order valence-corrected chi connectivity index (χ4v) is 3.86. The number of carbonyl (C=O) groups excluding carboxylic acids is 2. The molecule has 180 valence electrons. The number of benzene rings is 3. The summed E-state index contributed by atoms with van der Waals surface area (Å²) in [7, 11) is 1.53. The number of Topliss-reactive ketones (excluding diaryl/α,β-unsaturated/α-hetero) is 1. The van der Waals surface area contributed by atoms with Crippen LogP contribution in [-0.2, 0) is 4.74 Å². The van der Waals surface area contributed by atoms with Gasteiger partial charge < -0.3 is 33.7 Å². The molecule has 9 heteroatoms. The lowest BCUT2D eigenvalue weighted by atomic mass is 9.93. The van der Waals surface area contributed by atoms with Gasteiger partial charge in [-0.05, 0) is 36.4 Å². The third-order valence-electron chi connectivity index (χ3n) is 5.58. The van der Waals surface area contributed by atoms with Crippen molar-refractivity contribution in [3.8, 4) is 28.7 Å². The largest absolute Gasteiger partial charge is 0.497 e. The molecule has 3 aromatic carbocycles. The Kier molecular flexibility index (Phi) is 6.30. The summed E-state index contributed by atoms with van der Waals surface area (Å²) in [5.41, 5.74) is 0.897. The maximum atomic E-state index is 13.4. The Balaban J connectivity index is 1.32. The molecule has 2 heterocycles. The van der Waals surface area contributed by atoms with E-state index in [1.165, 1.54) is 7.11 Å². The summed E-state index contributed by atoms with van der Waals surface area (Å²) in [5, 5.41) is 2.62. The Morgan fingerprint density at radius 1 is 0.971 bits per heavy atom. The maximum Gasteiger partial charge on any atom is 0.408 e. The van der Waals surface area contributed by atoms with Gasteiger partial charge >= 0.3 is 6.09 Å². The molecule has 2 atom stereocenters. The number of para-hydroxylation sites is 1. The van der Waals surface area contributed by atoms with Gasteiger partial charge in [0, 0.05) is 11.6 Å². The summed E-state index contributed by atoms with van der Waals surface area (Å²) in [5.74, 6) is 2.30. The molecular weight excluding hydrogens is 454 g/mol. The molecule has 0 fully saturated rings. The standard InChI is InChI=1S/C26H23NO8/c1-30-18-8-9-19-21(14-18)34-24(16-7-10-20-22(13-16)33-15-32-20)25(23(19)28)35-26(29)27-11-12-31-17-5-3-2-4-6-17/h2-10,13-14,24-25H,11-12,15H2,1H3,(H,27,29)/t24-,25?/m0/s1.